The fraction of sp³-hybridized carbons (Fsp3) is 0.200. The van der Waals surface area contributed by atoms with Crippen LogP contribution in [0.1, 0.15) is 17.3 Å². The van der Waals surface area contributed by atoms with Crippen molar-refractivity contribution in [2.24, 2.45) is 0 Å². The molecule has 0 spiro atoms. The van der Waals surface area contributed by atoms with Crippen molar-refractivity contribution < 1.29 is 14.6 Å². The van der Waals surface area contributed by atoms with Crippen molar-refractivity contribution in [3.63, 3.8) is 0 Å². The van der Waals surface area contributed by atoms with Gasteiger partial charge in [-0.1, -0.05) is 12.1 Å². The van der Waals surface area contributed by atoms with E-state index in [0.717, 1.165) is 5.56 Å². The molecule has 5 heteroatoms. The highest BCUT2D eigenvalue weighted by Crippen LogP contribution is 2.23. The van der Waals surface area contributed by atoms with Crippen LogP contribution in [0.2, 0.25) is 0 Å². The number of ether oxygens (including phenoxy) is 1. The van der Waals surface area contributed by atoms with Gasteiger partial charge >= 0.3 is 5.97 Å². The molecule has 0 fully saturated rings. The molecule has 1 aromatic heterocycles. The second-order valence-electron chi connectivity index (χ2n) is 4.22. The first-order valence-electron chi connectivity index (χ1n) is 6.20. The van der Waals surface area contributed by atoms with E-state index < -0.39 is 11.5 Å². The van der Waals surface area contributed by atoms with E-state index in [1.165, 1.54) is 10.6 Å². The number of aromatic nitrogens is 1. The molecule has 1 N–H and O–H groups in total. The Bertz CT molecular complexity index is 703. The van der Waals surface area contributed by atoms with Gasteiger partial charge in [-0.15, -0.1) is 0 Å². The van der Waals surface area contributed by atoms with Crippen molar-refractivity contribution in [3.8, 4) is 17.0 Å². The number of nitrogens with zero attached hydrogens (tertiary/aromatic N) is 1. The van der Waals surface area contributed by atoms with Gasteiger partial charge in [-0.25, -0.2) is 4.79 Å². The summed E-state index contributed by atoms with van der Waals surface area (Å²) in [6, 6.07) is 10.3. The average Bonchev–Trinajstić information content (AvgIpc) is 2.46. The molecule has 0 saturated carbocycles. The third-order valence-electron chi connectivity index (χ3n) is 3.09. The van der Waals surface area contributed by atoms with E-state index in [2.05, 4.69) is 0 Å². The molecule has 0 radical (unpaired) electrons. The second kappa shape index (κ2) is 5.61. The molecule has 2 aromatic rings. The van der Waals surface area contributed by atoms with E-state index in [1.807, 2.05) is 18.2 Å². The molecule has 104 valence electrons. The maximum atomic E-state index is 12.1. The molecule has 0 atom stereocenters. The van der Waals surface area contributed by atoms with E-state index in [-0.39, 0.29) is 5.56 Å². The van der Waals surface area contributed by atoms with Crippen LogP contribution < -0.4 is 10.3 Å². The first-order valence-corrected chi connectivity index (χ1v) is 6.20. The van der Waals surface area contributed by atoms with Gasteiger partial charge in [0.15, 0.2) is 0 Å². The Labute approximate surface area is 116 Å². The Hall–Kier alpha value is -2.56. The summed E-state index contributed by atoms with van der Waals surface area (Å²) < 4.78 is 6.60. The number of aromatic carboxylic acids is 1. The van der Waals surface area contributed by atoms with E-state index in [0.29, 0.717) is 18.0 Å². The smallest absolute Gasteiger partial charge is 0.341 e. The molecule has 0 saturated heterocycles. The molecule has 0 aliphatic heterocycles. The summed E-state index contributed by atoms with van der Waals surface area (Å²) in [4.78, 5) is 23.1. The number of methoxy groups -OCH3 is 1. The number of carboxylic acids is 1. The minimum Gasteiger partial charge on any atom is -0.497 e. The first-order chi connectivity index (χ1) is 9.58. The van der Waals surface area contributed by atoms with Crippen LogP contribution in [0, 0.1) is 0 Å². The van der Waals surface area contributed by atoms with Crippen LogP contribution in [0.25, 0.3) is 11.3 Å². The zero-order valence-corrected chi connectivity index (χ0v) is 11.3. The lowest BCUT2D eigenvalue weighted by Crippen LogP contribution is -2.26. The molecule has 0 aliphatic rings. The molecule has 0 bridgehead atoms. The van der Waals surface area contributed by atoms with E-state index in [1.54, 1.807) is 26.2 Å². The molecule has 0 unspecified atom stereocenters. The van der Waals surface area contributed by atoms with E-state index in [4.69, 9.17) is 9.84 Å². The minimum atomic E-state index is -1.21. The molecular formula is C15H15NO4. The van der Waals surface area contributed by atoms with Gasteiger partial charge in [0.1, 0.15) is 11.3 Å². The van der Waals surface area contributed by atoms with Gasteiger partial charge in [-0.3, -0.25) is 4.79 Å². The van der Waals surface area contributed by atoms with E-state index in [9.17, 15) is 9.59 Å². The lowest BCUT2D eigenvalue weighted by atomic mass is 10.1. The van der Waals surface area contributed by atoms with Crippen molar-refractivity contribution >= 4 is 5.97 Å². The standard InChI is InChI=1S/C15H15NO4/c1-3-16-13(8-7-12(14(16)17)15(18)19)10-5-4-6-11(9-10)20-2/h4-9H,3H2,1-2H3,(H,18,19). The Morgan fingerprint density at radius 1 is 1.30 bits per heavy atom. The number of carboxylic acid groups (broad SMARTS) is 1. The van der Waals surface area contributed by atoms with Gasteiger partial charge in [-0.05, 0) is 31.2 Å². The monoisotopic (exact) mass is 273 g/mol. The number of hydrogen-bond donors (Lipinski definition) is 1. The molecule has 1 aromatic carbocycles. The predicted octanol–water partition coefficient (Wildman–Crippen LogP) is 2.24. The van der Waals surface area contributed by atoms with Gasteiger partial charge in [0, 0.05) is 12.1 Å². The normalized spacial score (nSPS) is 10.3. The van der Waals surface area contributed by atoms with Gasteiger partial charge in [0.25, 0.3) is 5.56 Å². The summed E-state index contributed by atoms with van der Waals surface area (Å²) in [5.41, 5.74) is 0.750. The molecule has 1 heterocycles. The van der Waals surface area contributed by atoms with E-state index >= 15 is 0 Å². The zero-order chi connectivity index (χ0) is 14.7. The van der Waals surface area contributed by atoms with Crippen molar-refractivity contribution in [2.45, 2.75) is 13.5 Å². The Morgan fingerprint density at radius 2 is 2.05 bits per heavy atom. The highest BCUT2D eigenvalue weighted by molar-refractivity contribution is 5.87. The lowest BCUT2D eigenvalue weighted by Gasteiger charge is -2.12. The summed E-state index contributed by atoms with van der Waals surface area (Å²) in [6.07, 6.45) is 0. The number of hydrogen-bond acceptors (Lipinski definition) is 3. The van der Waals surface area contributed by atoms with Crippen LogP contribution in [0.5, 0.6) is 5.75 Å². The second-order valence-corrected chi connectivity index (χ2v) is 4.22. The van der Waals surface area contributed by atoms with Crippen molar-refractivity contribution in [2.75, 3.05) is 7.11 Å². The summed E-state index contributed by atoms with van der Waals surface area (Å²) in [7, 11) is 1.57. The fourth-order valence-corrected chi connectivity index (χ4v) is 2.09. The first kappa shape index (κ1) is 13.9. The number of rotatable bonds is 4. The van der Waals surface area contributed by atoms with Gasteiger partial charge in [-0.2, -0.15) is 0 Å². The fourth-order valence-electron chi connectivity index (χ4n) is 2.09. The molecule has 5 nitrogen and oxygen atoms in total. The van der Waals surface area contributed by atoms with Gasteiger partial charge in [0.2, 0.25) is 0 Å². The molecule has 2 rings (SSSR count). The summed E-state index contributed by atoms with van der Waals surface area (Å²) >= 11 is 0. The number of pyridine rings is 1. The molecular weight excluding hydrogens is 258 g/mol. The molecule has 0 aliphatic carbocycles. The quantitative estimate of drug-likeness (QED) is 0.927. The third-order valence-corrected chi connectivity index (χ3v) is 3.09. The Balaban J connectivity index is 2.65. The highest BCUT2D eigenvalue weighted by atomic mass is 16.5. The maximum absolute atomic E-state index is 12.1. The Kier molecular flexibility index (Phi) is 3.89. The topological polar surface area (TPSA) is 68.5 Å². The van der Waals surface area contributed by atoms with Crippen LogP contribution in [-0.2, 0) is 6.54 Å². The van der Waals surface area contributed by atoms with Gasteiger partial charge < -0.3 is 14.4 Å². The van der Waals surface area contributed by atoms with Crippen LogP contribution in [0.3, 0.4) is 0 Å². The van der Waals surface area contributed by atoms with Crippen LogP contribution in [0.4, 0.5) is 0 Å². The van der Waals surface area contributed by atoms with Crippen LogP contribution >= 0.6 is 0 Å². The maximum Gasteiger partial charge on any atom is 0.341 e. The molecule has 20 heavy (non-hydrogen) atoms. The van der Waals surface area contributed by atoms with Crippen LogP contribution in [-0.4, -0.2) is 22.8 Å². The van der Waals surface area contributed by atoms with Crippen molar-refractivity contribution in [3.05, 3.63) is 52.3 Å². The zero-order valence-electron chi connectivity index (χ0n) is 11.3. The summed E-state index contributed by atoms with van der Waals surface area (Å²) in [6.45, 7) is 2.20. The lowest BCUT2D eigenvalue weighted by molar-refractivity contribution is 0.0694. The van der Waals surface area contributed by atoms with Gasteiger partial charge in [0.05, 0.1) is 12.8 Å². The number of carbonyl (C=O) groups is 1. The van der Waals surface area contributed by atoms with Crippen molar-refractivity contribution in [1.82, 2.24) is 4.57 Å². The van der Waals surface area contributed by atoms with Crippen molar-refractivity contribution in [1.29, 1.82) is 0 Å². The average molecular weight is 273 g/mol. The Morgan fingerprint density at radius 3 is 2.65 bits per heavy atom. The summed E-state index contributed by atoms with van der Waals surface area (Å²) in [5.74, 6) is -0.533. The predicted molar refractivity (Wildman–Crippen MR) is 75.3 cm³/mol. The van der Waals surface area contributed by atoms with Crippen LogP contribution in [0.15, 0.2) is 41.2 Å². The highest BCUT2D eigenvalue weighted by Gasteiger charge is 2.14. The largest absolute Gasteiger partial charge is 0.497 e. The summed E-state index contributed by atoms with van der Waals surface area (Å²) in [5, 5.41) is 9.00. The SMILES string of the molecule is CCn1c(-c2cccc(OC)c2)ccc(C(=O)O)c1=O. The molecule has 0 amide bonds. The number of benzene rings is 1. The third kappa shape index (κ3) is 2.42. The minimum absolute atomic E-state index is 0.224.